The molecule has 2 N–H and O–H groups in total. The van der Waals surface area contributed by atoms with E-state index in [4.69, 9.17) is 20.5 Å². The first-order chi connectivity index (χ1) is 17.1. The Kier molecular flexibility index (Phi) is 3.96. The Labute approximate surface area is 198 Å². The van der Waals surface area contributed by atoms with Crippen LogP contribution in [0.5, 0.6) is 11.8 Å². The summed E-state index contributed by atoms with van der Waals surface area (Å²) in [5, 5.41) is 2.81. The Morgan fingerprint density at radius 1 is 1.24 bits per heavy atom. The van der Waals surface area contributed by atoms with Gasteiger partial charge in [-0.2, -0.15) is 4.98 Å². The lowest BCUT2D eigenvalue weighted by Gasteiger charge is -2.25. The Bertz CT molecular complexity index is 1430. The molecular formula is C23H22ClFN6O2. The molecule has 0 saturated carbocycles. The van der Waals surface area contributed by atoms with Crippen LogP contribution in [0.3, 0.4) is 0 Å². The topological polar surface area (TPSA) is 96.0 Å². The van der Waals surface area contributed by atoms with Crippen LogP contribution in [-0.4, -0.2) is 50.8 Å². The third-order valence-electron chi connectivity index (χ3n) is 6.57. The van der Waals surface area contributed by atoms with Crippen LogP contribution >= 0.6 is 11.6 Å². The van der Waals surface area contributed by atoms with Gasteiger partial charge in [-0.1, -0.05) is 6.92 Å². The van der Waals surface area contributed by atoms with Gasteiger partial charge >= 0.3 is 0 Å². The van der Waals surface area contributed by atoms with Crippen molar-refractivity contribution in [3.8, 4) is 23.0 Å². The van der Waals surface area contributed by atoms with Crippen LogP contribution in [0.4, 0.5) is 4.39 Å². The lowest BCUT2D eigenvalue weighted by atomic mass is 9.87. The summed E-state index contributed by atoms with van der Waals surface area (Å²) in [7, 11) is 0. The number of pyridine rings is 1. The van der Waals surface area contributed by atoms with Crippen molar-refractivity contribution in [3.63, 3.8) is 0 Å². The van der Waals surface area contributed by atoms with Gasteiger partial charge in [0, 0.05) is 53.5 Å². The van der Waals surface area contributed by atoms with Crippen molar-refractivity contribution in [3.05, 3.63) is 50.9 Å². The summed E-state index contributed by atoms with van der Waals surface area (Å²) >= 11 is 6.10. The van der Waals surface area contributed by atoms with E-state index in [0.29, 0.717) is 59.4 Å². The smallest absolute Gasteiger partial charge is 0.258 e. The number of likely N-dealkylation sites (N-methyl/N-ethyl adjacent to an activating group) is 1. The number of ether oxygens (including phenoxy) is 1. The number of nitrogens with one attached hydrogen (secondary N) is 2. The quantitative estimate of drug-likeness (QED) is 0.556. The maximum Gasteiger partial charge on any atom is 0.258 e. The number of aromatic amines is 1. The molecule has 3 aliphatic rings. The van der Waals surface area contributed by atoms with Gasteiger partial charge in [0.05, 0.1) is 22.5 Å². The van der Waals surface area contributed by atoms with E-state index in [0.717, 1.165) is 11.3 Å². The molecule has 3 aromatic rings. The zero-order chi connectivity index (χ0) is 25.4. The average molecular weight is 472 g/mol. The average Bonchev–Trinajstić information content (AvgIpc) is 3.23. The fraction of sp³-hybridized carbons (Fsp3) is 0.391. The zero-order valence-corrected chi connectivity index (χ0v) is 18.5. The van der Waals surface area contributed by atoms with Gasteiger partial charge in [0.2, 0.25) is 11.2 Å². The highest BCUT2D eigenvalue weighted by atomic mass is 35.5. The molecule has 1 unspecified atom stereocenters. The van der Waals surface area contributed by atoms with Crippen molar-refractivity contribution in [1.82, 2.24) is 30.2 Å². The number of fused-ring (bicyclic) bond motifs is 6. The standard InChI is InChI=1S/C23H22ClFN6O2/c1-10-7-26-20(32)16-12-4-3-11-8-27-22(17(25)15(11)19(12)29-18(10)16)33-21-13-9-31(2)6-5-14(13)28-23(24)30-21/h8,10,29H,3-7,9H2,1-2H3,(H,26,32)/i2D3. The summed E-state index contributed by atoms with van der Waals surface area (Å²) in [4.78, 5) is 29.7. The van der Waals surface area contributed by atoms with Gasteiger partial charge in [0.25, 0.3) is 11.8 Å². The summed E-state index contributed by atoms with van der Waals surface area (Å²) in [5.41, 5.74) is 4.75. The number of halogens is 2. The number of H-pyrrole nitrogens is 1. The normalized spacial score (nSPS) is 21.0. The van der Waals surface area contributed by atoms with E-state index in [1.54, 1.807) is 6.20 Å². The molecule has 10 heteroatoms. The molecule has 0 aromatic carbocycles. The Balaban J connectivity index is 1.42. The van der Waals surface area contributed by atoms with Gasteiger partial charge in [-0.3, -0.25) is 4.79 Å². The van der Waals surface area contributed by atoms with E-state index >= 15 is 4.39 Å². The maximum atomic E-state index is 16.0. The molecule has 5 heterocycles. The fourth-order valence-electron chi connectivity index (χ4n) is 4.92. The summed E-state index contributed by atoms with van der Waals surface area (Å²) in [6, 6.07) is 0. The van der Waals surface area contributed by atoms with Gasteiger partial charge in [-0.05, 0) is 42.5 Å². The lowest BCUT2D eigenvalue weighted by Crippen LogP contribution is -2.34. The summed E-state index contributed by atoms with van der Waals surface area (Å²) in [5.74, 6) is -1.11. The Morgan fingerprint density at radius 3 is 2.97 bits per heavy atom. The minimum atomic E-state index is -2.31. The summed E-state index contributed by atoms with van der Waals surface area (Å²) in [6.07, 6.45) is 3.02. The molecule has 1 aliphatic carbocycles. The number of rotatable bonds is 2. The fourth-order valence-corrected chi connectivity index (χ4v) is 5.09. The highest BCUT2D eigenvalue weighted by Gasteiger charge is 2.35. The molecule has 170 valence electrons. The van der Waals surface area contributed by atoms with Gasteiger partial charge in [0.15, 0.2) is 5.82 Å². The van der Waals surface area contributed by atoms with E-state index in [2.05, 4.69) is 25.3 Å². The van der Waals surface area contributed by atoms with Crippen LogP contribution in [-0.2, 0) is 25.8 Å². The first kappa shape index (κ1) is 17.4. The van der Waals surface area contributed by atoms with E-state index in [9.17, 15) is 4.79 Å². The van der Waals surface area contributed by atoms with Crippen molar-refractivity contribution < 1.29 is 18.0 Å². The van der Waals surface area contributed by atoms with E-state index < -0.39 is 12.8 Å². The SMILES string of the molecule is [2H]C([2H])([2H])N1CCc2nc(Cl)nc(Oc3ncc4c(c3F)-c3[nH]c5c(c3CC4)C(=O)NCC5C)c2C1. The Hall–Kier alpha value is -3.04. The number of hydrogen-bond donors (Lipinski definition) is 2. The second-order valence-corrected chi connectivity index (χ2v) is 8.99. The van der Waals surface area contributed by atoms with Crippen LogP contribution in [0.2, 0.25) is 5.28 Å². The second kappa shape index (κ2) is 7.50. The third-order valence-corrected chi connectivity index (χ3v) is 6.74. The number of amides is 1. The van der Waals surface area contributed by atoms with Crippen molar-refractivity contribution in [2.45, 2.75) is 38.6 Å². The highest BCUT2D eigenvalue weighted by Crippen LogP contribution is 2.42. The molecule has 8 nitrogen and oxygen atoms in total. The summed E-state index contributed by atoms with van der Waals surface area (Å²) < 4.78 is 45.1. The molecule has 0 bridgehead atoms. The number of carbonyl (C=O) groups excluding carboxylic acids is 1. The molecule has 0 spiro atoms. The van der Waals surface area contributed by atoms with E-state index in [1.807, 2.05) is 6.92 Å². The molecule has 0 saturated heterocycles. The first-order valence-electron chi connectivity index (χ1n) is 12.3. The van der Waals surface area contributed by atoms with Gasteiger partial charge in [0.1, 0.15) is 0 Å². The molecule has 0 fully saturated rings. The van der Waals surface area contributed by atoms with Crippen molar-refractivity contribution in [2.75, 3.05) is 20.1 Å². The van der Waals surface area contributed by atoms with Crippen LogP contribution < -0.4 is 10.1 Å². The van der Waals surface area contributed by atoms with Crippen LogP contribution in [0, 0.1) is 5.82 Å². The van der Waals surface area contributed by atoms with Gasteiger partial charge in [-0.15, -0.1) is 0 Å². The molecule has 0 radical (unpaired) electrons. The maximum absolute atomic E-state index is 16.0. The monoisotopic (exact) mass is 471 g/mol. The number of aryl methyl sites for hydroxylation is 1. The van der Waals surface area contributed by atoms with Crippen molar-refractivity contribution in [1.29, 1.82) is 0 Å². The van der Waals surface area contributed by atoms with E-state index in [-0.39, 0.29) is 42.0 Å². The largest absolute Gasteiger partial charge is 0.417 e. The van der Waals surface area contributed by atoms with Crippen LogP contribution in [0.1, 0.15) is 55.4 Å². The molecule has 1 atom stereocenters. The number of carbonyl (C=O) groups is 1. The molecule has 2 aliphatic heterocycles. The zero-order valence-electron chi connectivity index (χ0n) is 20.8. The number of nitrogens with zero attached hydrogens (tertiary/aromatic N) is 4. The van der Waals surface area contributed by atoms with Crippen LogP contribution in [0.25, 0.3) is 11.3 Å². The predicted octanol–water partition coefficient (Wildman–Crippen LogP) is 3.38. The number of aromatic nitrogens is 4. The van der Waals surface area contributed by atoms with Gasteiger partial charge < -0.3 is 19.9 Å². The highest BCUT2D eigenvalue weighted by molar-refractivity contribution is 6.28. The second-order valence-electron chi connectivity index (χ2n) is 8.65. The number of hydrogen-bond acceptors (Lipinski definition) is 6. The van der Waals surface area contributed by atoms with Crippen molar-refractivity contribution >= 4 is 17.5 Å². The Morgan fingerprint density at radius 2 is 2.12 bits per heavy atom. The van der Waals surface area contributed by atoms with Gasteiger partial charge in [-0.25, -0.2) is 14.4 Å². The molecule has 33 heavy (non-hydrogen) atoms. The lowest BCUT2D eigenvalue weighted by molar-refractivity contribution is 0.0940. The van der Waals surface area contributed by atoms with E-state index in [1.165, 1.54) is 4.90 Å². The summed E-state index contributed by atoms with van der Waals surface area (Å²) in [6.45, 7) is 0.483. The minimum absolute atomic E-state index is 0.00535. The molecule has 6 rings (SSSR count). The molecular weight excluding hydrogens is 447 g/mol. The van der Waals surface area contributed by atoms with Crippen molar-refractivity contribution in [2.24, 2.45) is 0 Å². The molecule has 1 amide bonds. The third kappa shape index (κ3) is 3.21. The minimum Gasteiger partial charge on any atom is -0.417 e. The first-order valence-corrected chi connectivity index (χ1v) is 11.2. The predicted molar refractivity (Wildman–Crippen MR) is 119 cm³/mol. The molecule has 3 aromatic heterocycles. The van der Waals surface area contributed by atoms with Crippen LogP contribution in [0.15, 0.2) is 6.20 Å².